The number of likely N-dealkylation sites (N-methyl/N-ethyl adjacent to an activating group) is 1. The maximum atomic E-state index is 12.5. The number of aliphatic hydroxyl groups excluding tert-OH is 1. The standard InChI is InChI=1S/C17H25N3O3/c1-19(17(22)15-10-14(21)11-18-15)12-13-4-2-3-5-16(13)20-6-8-23-9-7-20/h2-5,14-15,18,21H,6-12H2,1H3/t14-,15+/m1/s1. The van der Waals surface area contributed by atoms with E-state index < -0.39 is 6.10 Å². The Labute approximate surface area is 137 Å². The lowest BCUT2D eigenvalue weighted by molar-refractivity contribution is -0.132. The van der Waals surface area contributed by atoms with Crippen molar-refractivity contribution in [2.45, 2.75) is 25.1 Å². The first-order valence-corrected chi connectivity index (χ1v) is 8.22. The lowest BCUT2D eigenvalue weighted by Gasteiger charge is -2.31. The van der Waals surface area contributed by atoms with Gasteiger partial charge in [0.2, 0.25) is 5.91 Å². The van der Waals surface area contributed by atoms with Gasteiger partial charge in [-0.3, -0.25) is 4.79 Å². The number of carbonyl (C=O) groups is 1. The molecule has 2 atom stereocenters. The number of para-hydroxylation sites is 1. The number of anilines is 1. The monoisotopic (exact) mass is 319 g/mol. The van der Waals surface area contributed by atoms with E-state index in [-0.39, 0.29) is 11.9 Å². The van der Waals surface area contributed by atoms with Crippen LogP contribution in [0.15, 0.2) is 24.3 Å². The Morgan fingerprint density at radius 2 is 2.13 bits per heavy atom. The van der Waals surface area contributed by atoms with Crippen molar-refractivity contribution in [2.24, 2.45) is 0 Å². The van der Waals surface area contributed by atoms with Gasteiger partial charge in [-0.05, 0) is 18.1 Å². The second-order valence-electron chi connectivity index (χ2n) is 6.27. The summed E-state index contributed by atoms with van der Waals surface area (Å²) in [4.78, 5) is 16.6. The second kappa shape index (κ2) is 7.29. The molecule has 23 heavy (non-hydrogen) atoms. The SMILES string of the molecule is CN(Cc1ccccc1N1CCOCC1)C(=O)[C@@H]1C[C@@H](O)CN1. The van der Waals surface area contributed by atoms with Crippen molar-refractivity contribution in [3.8, 4) is 0 Å². The molecule has 2 N–H and O–H groups in total. The van der Waals surface area contributed by atoms with Crippen molar-refractivity contribution in [3.05, 3.63) is 29.8 Å². The van der Waals surface area contributed by atoms with Gasteiger partial charge in [0.15, 0.2) is 0 Å². The molecule has 0 aliphatic carbocycles. The summed E-state index contributed by atoms with van der Waals surface area (Å²) in [7, 11) is 1.82. The summed E-state index contributed by atoms with van der Waals surface area (Å²) in [6, 6.07) is 7.95. The second-order valence-corrected chi connectivity index (χ2v) is 6.27. The minimum absolute atomic E-state index is 0.0401. The number of rotatable bonds is 4. The fourth-order valence-electron chi connectivity index (χ4n) is 3.26. The summed E-state index contributed by atoms with van der Waals surface area (Å²) in [6.45, 7) is 4.31. The number of hydrogen-bond acceptors (Lipinski definition) is 5. The van der Waals surface area contributed by atoms with E-state index in [1.54, 1.807) is 4.90 Å². The third-order valence-electron chi connectivity index (χ3n) is 4.53. The minimum Gasteiger partial charge on any atom is -0.392 e. The molecule has 1 amide bonds. The van der Waals surface area contributed by atoms with Crippen LogP contribution in [0.4, 0.5) is 5.69 Å². The third-order valence-corrected chi connectivity index (χ3v) is 4.53. The van der Waals surface area contributed by atoms with E-state index in [0.29, 0.717) is 19.5 Å². The van der Waals surface area contributed by atoms with Crippen LogP contribution < -0.4 is 10.2 Å². The van der Waals surface area contributed by atoms with Crippen LogP contribution >= 0.6 is 0 Å². The first-order chi connectivity index (χ1) is 11.1. The van der Waals surface area contributed by atoms with E-state index in [0.717, 1.165) is 31.9 Å². The van der Waals surface area contributed by atoms with Crippen LogP contribution in [0.1, 0.15) is 12.0 Å². The van der Waals surface area contributed by atoms with Crippen molar-refractivity contribution < 1.29 is 14.6 Å². The molecule has 0 spiro atoms. The summed E-state index contributed by atoms with van der Waals surface area (Å²) in [5.41, 5.74) is 2.32. The minimum atomic E-state index is -0.419. The average Bonchev–Trinajstić information content (AvgIpc) is 3.02. The molecule has 1 aromatic rings. The molecule has 2 heterocycles. The van der Waals surface area contributed by atoms with Crippen molar-refractivity contribution in [2.75, 3.05) is 44.8 Å². The topological polar surface area (TPSA) is 65.0 Å². The van der Waals surface area contributed by atoms with Gasteiger partial charge in [0.05, 0.1) is 25.4 Å². The molecular weight excluding hydrogens is 294 g/mol. The summed E-state index contributed by atoms with van der Waals surface area (Å²) in [5, 5.41) is 12.7. The van der Waals surface area contributed by atoms with E-state index in [2.05, 4.69) is 22.3 Å². The molecule has 1 aromatic carbocycles. The fourth-order valence-corrected chi connectivity index (χ4v) is 3.26. The van der Waals surface area contributed by atoms with Gasteiger partial charge in [0, 0.05) is 38.9 Å². The van der Waals surface area contributed by atoms with E-state index in [4.69, 9.17) is 4.74 Å². The molecule has 0 aromatic heterocycles. The maximum Gasteiger partial charge on any atom is 0.239 e. The van der Waals surface area contributed by atoms with E-state index in [1.807, 2.05) is 19.2 Å². The first kappa shape index (κ1) is 16.2. The quantitative estimate of drug-likeness (QED) is 0.830. The third kappa shape index (κ3) is 3.83. The van der Waals surface area contributed by atoms with Crippen molar-refractivity contribution in [3.63, 3.8) is 0 Å². The predicted molar refractivity (Wildman–Crippen MR) is 88.4 cm³/mol. The van der Waals surface area contributed by atoms with Crippen molar-refractivity contribution >= 4 is 11.6 Å². The zero-order valence-corrected chi connectivity index (χ0v) is 13.6. The largest absolute Gasteiger partial charge is 0.392 e. The van der Waals surface area contributed by atoms with Gasteiger partial charge in [0.1, 0.15) is 0 Å². The van der Waals surface area contributed by atoms with Crippen LogP contribution in [0.3, 0.4) is 0 Å². The highest BCUT2D eigenvalue weighted by molar-refractivity contribution is 5.82. The molecule has 6 heteroatoms. The number of ether oxygens (including phenoxy) is 1. The number of amides is 1. The lowest BCUT2D eigenvalue weighted by Crippen LogP contribution is -2.42. The fraction of sp³-hybridized carbons (Fsp3) is 0.588. The zero-order chi connectivity index (χ0) is 16.2. The van der Waals surface area contributed by atoms with Crippen LogP contribution in [0.25, 0.3) is 0 Å². The van der Waals surface area contributed by atoms with Gasteiger partial charge in [-0.15, -0.1) is 0 Å². The maximum absolute atomic E-state index is 12.5. The molecule has 0 saturated carbocycles. The van der Waals surface area contributed by atoms with Gasteiger partial charge in [0.25, 0.3) is 0 Å². The van der Waals surface area contributed by atoms with Gasteiger partial charge in [-0.25, -0.2) is 0 Å². The van der Waals surface area contributed by atoms with Crippen molar-refractivity contribution in [1.29, 1.82) is 0 Å². The molecule has 126 valence electrons. The molecule has 0 unspecified atom stereocenters. The van der Waals surface area contributed by atoms with Crippen LogP contribution in [0, 0.1) is 0 Å². The molecule has 3 rings (SSSR count). The van der Waals surface area contributed by atoms with Gasteiger partial charge in [-0.2, -0.15) is 0 Å². The van der Waals surface area contributed by atoms with E-state index >= 15 is 0 Å². The normalized spacial score (nSPS) is 24.7. The Kier molecular flexibility index (Phi) is 5.15. The predicted octanol–water partition coefficient (Wildman–Crippen LogP) is 0.204. The van der Waals surface area contributed by atoms with Crippen LogP contribution in [-0.4, -0.2) is 68.0 Å². The highest BCUT2D eigenvalue weighted by Gasteiger charge is 2.30. The molecule has 0 radical (unpaired) electrons. The van der Waals surface area contributed by atoms with Gasteiger partial charge >= 0.3 is 0 Å². The Hall–Kier alpha value is -1.63. The lowest BCUT2D eigenvalue weighted by atomic mass is 10.1. The zero-order valence-electron chi connectivity index (χ0n) is 13.6. The molecule has 2 saturated heterocycles. The molecule has 6 nitrogen and oxygen atoms in total. The molecular formula is C17H25N3O3. The number of hydrogen-bond donors (Lipinski definition) is 2. The Balaban J connectivity index is 1.68. The Morgan fingerprint density at radius 3 is 2.83 bits per heavy atom. The van der Waals surface area contributed by atoms with Gasteiger partial charge in [-0.1, -0.05) is 18.2 Å². The molecule has 0 bridgehead atoms. The van der Waals surface area contributed by atoms with Crippen LogP contribution in [0.5, 0.6) is 0 Å². The number of carbonyl (C=O) groups excluding carboxylic acids is 1. The summed E-state index contributed by atoms with van der Waals surface area (Å²) in [5.74, 6) is 0.0401. The van der Waals surface area contributed by atoms with E-state index in [9.17, 15) is 9.90 Å². The number of nitrogens with one attached hydrogen (secondary N) is 1. The first-order valence-electron chi connectivity index (χ1n) is 8.22. The summed E-state index contributed by atoms with van der Waals surface area (Å²) >= 11 is 0. The molecule has 2 aliphatic heterocycles. The molecule has 2 aliphatic rings. The van der Waals surface area contributed by atoms with Crippen LogP contribution in [-0.2, 0) is 16.1 Å². The van der Waals surface area contributed by atoms with Crippen molar-refractivity contribution in [1.82, 2.24) is 10.2 Å². The Morgan fingerprint density at radius 1 is 1.39 bits per heavy atom. The number of aliphatic hydroxyl groups is 1. The summed E-state index contributed by atoms with van der Waals surface area (Å²) in [6.07, 6.45) is 0.0758. The number of benzene rings is 1. The number of β-amino-alcohol motifs (C(OH)–C–C–N with tert-alkyl or cyclic N) is 1. The highest BCUT2D eigenvalue weighted by Crippen LogP contribution is 2.23. The smallest absolute Gasteiger partial charge is 0.239 e. The number of morpholine rings is 1. The average molecular weight is 319 g/mol. The van der Waals surface area contributed by atoms with Crippen LogP contribution in [0.2, 0.25) is 0 Å². The highest BCUT2D eigenvalue weighted by atomic mass is 16.5. The Bertz CT molecular complexity index is 546. The number of nitrogens with zero attached hydrogens (tertiary/aromatic N) is 2. The van der Waals surface area contributed by atoms with E-state index in [1.165, 1.54) is 5.69 Å². The summed E-state index contributed by atoms with van der Waals surface area (Å²) < 4.78 is 5.42. The van der Waals surface area contributed by atoms with Gasteiger partial charge < -0.3 is 25.0 Å². The molecule has 2 fully saturated rings.